The summed E-state index contributed by atoms with van der Waals surface area (Å²) in [6, 6.07) is 5.26. The molecule has 1 aliphatic rings. The van der Waals surface area contributed by atoms with E-state index in [0.29, 0.717) is 18.8 Å². The van der Waals surface area contributed by atoms with E-state index in [0.717, 1.165) is 16.5 Å². The van der Waals surface area contributed by atoms with Crippen molar-refractivity contribution in [2.75, 3.05) is 0 Å². The van der Waals surface area contributed by atoms with Crippen molar-refractivity contribution in [3.05, 3.63) is 35.1 Å². The normalized spacial score (nSPS) is 14.4. The smallest absolute Gasteiger partial charge is 0.371 e. The average Bonchev–Trinajstić information content (AvgIpc) is 2.82. The van der Waals surface area contributed by atoms with E-state index in [1.165, 1.54) is 0 Å². The van der Waals surface area contributed by atoms with Gasteiger partial charge in [-0.1, -0.05) is 6.07 Å². The zero-order chi connectivity index (χ0) is 10.4. The van der Waals surface area contributed by atoms with Gasteiger partial charge in [-0.2, -0.15) is 0 Å². The Morgan fingerprint density at radius 3 is 3.00 bits per heavy atom. The van der Waals surface area contributed by atoms with Gasteiger partial charge in [0.1, 0.15) is 5.58 Å². The molecule has 0 saturated heterocycles. The van der Waals surface area contributed by atoms with E-state index in [9.17, 15) is 4.79 Å². The zero-order valence-corrected chi connectivity index (χ0v) is 7.82. The van der Waals surface area contributed by atoms with Gasteiger partial charge in [-0.05, 0) is 23.3 Å². The van der Waals surface area contributed by atoms with Crippen molar-refractivity contribution >= 4 is 16.9 Å². The lowest BCUT2D eigenvalue weighted by atomic mass is 10.1. The van der Waals surface area contributed by atoms with Crippen LogP contribution in [0.2, 0.25) is 0 Å². The topological polar surface area (TPSA) is 59.7 Å². The molecular weight excluding hydrogens is 196 g/mol. The number of carboxylic acids is 1. The first-order valence-corrected chi connectivity index (χ1v) is 4.61. The number of carboxylic acid groups (broad SMARTS) is 1. The first-order chi connectivity index (χ1) is 7.25. The number of benzene rings is 1. The Kier molecular flexibility index (Phi) is 1.61. The molecule has 1 aromatic carbocycles. The molecule has 0 fully saturated rings. The van der Waals surface area contributed by atoms with E-state index in [1.807, 2.05) is 6.07 Å². The molecule has 2 aromatic rings. The molecule has 0 saturated carbocycles. The highest BCUT2D eigenvalue weighted by Gasteiger charge is 2.18. The molecule has 15 heavy (non-hydrogen) atoms. The minimum absolute atomic E-state index is 0.0229. The van der Waals surface area contributed by atoms with Crippen LogP contribution in [0.5, 0.6) is 0 Å². The van der Waals surface area contributed by atoms with Crippen LogP contribution in [0.1, 0.15) is 21.7 Å². The Labute approximate surface area is 85.1 Å². The maximum atomic E-state index is 10.7. The highest BCUT2D eigenvalue weighted by Crippen LogP contribution is 2.30. The maximum absolute atomic E-state index is 10.7. The summed E-state index contributed by atoms with van der Waals surface area (Å²) >= 11 is 0. The standard InChI is InChI=1S/C11H8O4/c12-11(13)10-3-7-8-5-14-4-6(8)1-2-9(7)15-10/h1-3H,4-5H2,(H,12,13). The summed E-state index contributed by atoms with van der Waals surface area (Å²) in [7, 11) is 0. The number of hydrogen-bond acceptors (Lipinski definition) is 3. The number of aromatic carboxylic acids is 1. The molecule has 4 nitrogen and oxygen atoms in total. The molecule has 2 heterocycles. The molecule has 0 spiro atoms. The van der Waals surface area contributed by atoms with E-state index >= 15 is 0 Å². The van der Waals surface area contributed by atoms with Crippen molar-refractivity contribution in [1.29, 1.82) is 0 Å². The molecule has 4 heteroatoms. The Balaban J connectivity index is 2.31. The Hall–Kier alpha value is -1.81. The largest absolute Gasteiger partial charge is 0.475 e. The lowest BCUT2D eigenvalue weighted by Crippen LogP contribution is -1.91. The monoisotopic (exact) mass is 204 g/mol. The van der Waals surface area contributed by atoms with Crippen LogP contribution in [0, 0.1) is 0 Å². The van der Waals surface area contributed by atoms with Crippen molar-refractivity contribution < 1.29 is 19.1 Å². The summed E-state index contributed by atoms with van der Waals surface area (Å²) in [5.74, 6) is -1.07. The molecule has 1 aromatic heterocycles. The van der Waals surface area contributed by atoms with Crippen molar-refractivity contribution in [3.8, 4) is 0 Å². The molecule has 1 N–H and O–H groups in total. The fraction of sp³-hybridized carbons (Fsp3) is 0.182. The van der Waals surface area contributed by atoms with Gasteiger partial charge in [0.05, 0.1) is 13.2 Å². The summed E-state index contributed by atoms with van der Waals surface area (Å²) in [5.41, 5.74) is 2.76. The van der Waals surface area contributed by atoms with Crippen molar-refractivity contribution in [2.45, 2.75) is 13.2 Å². The molecular formula is C11H8O4. The van der Waals surface area contributed by atoms with Gasteiger partial charge in [0.15, 0.2) is 0 Å². The molecule has 0 atom stereocenters. The third kappa shape index (κ3) is 1.15. The first kappa shape index (κ1) is 8.49. The van der Waals surface area contributed by atoms with Crippen LogP contribution < -0.4 is 0 Å². The van der Waals surface area contributed by atoms with Gasteiger partial charge in [-0.25, -0.2) is 4.79 Å². The quantitative estimate of drug-likeness (QED) is 0.773. The van der Waals surface area contributed by atoms with Crippen LogP contribution in [0.4, 0.5) is 0 Å². The Bertz CT molecular complexity index is 553. The summed E-state index contributed by atoms with van der Waals surface area (Å²) in [4.78, 5) is 10.7. The average molecular weight is 204 g/mol. The third-order valence-electron chi connectivity index (χ3n) is 2.62. The highest BCUT2D eigenvalue weighted by molar-refractivity contribution is 5.93. The van der Waals surface area contributed by atoms with Crippen LogP contribution in [0.25, 0.3) is 11.0 Å². The molecule has 0 bridgehead atoms. The number of carbonyl (C=O) groups is 1. The van der Waals surface area contributed by atoms with Crippen LogP contribution in [0.3, 0.4) is 0 Å². The van der Waals surface area contributed by atoms with E-state index in [4.69, 9.17) is 14.3 Å². The molecule has 0 radical (unpaired) electrons. The first-order valence-electron chi connectivity index (χ1n) is 4.61. The Morgan fingerprint density at radius 1 is 1.33 bits per heavy atom. The lowest BCUT2D eigenvalue weighted by Gasteiger charge is -1.95. The van der Waals surface area contributed by atoms with Gasteiger partial charge in [0, 0.05) is 5.39 Å². The highest BCUT2D eigenvalue weighted by atomic mass is 16.5. The molecule has 1 aliphatic heterocycles. The molecule has 3 rings (SSSR count). The minimum atomic E-state index is -1.04. The zero-order valence-electron chi connectivity index (χ0n) is 7.82. The number of ether oxygens (including phenoxy) is 1. The maximum Gasteiger partial charge on any atom is 0.371 e. The van der Waals surface area contributed by atoms with Crippen molar-refractivity contribution in [1.82, 2.24) is 0 Å². The van der Waals surface area contributed by atoms with Crippen LogP contribution >= 0.6 is 0 Å². The second-order valence-corrected chi connectivity index (χ2v) is 3.52. The van der Waals surface area contributed by atoms with E-state index in [-0.39, 0.29) is 5.76 Å². The fourth-order valence-corrected chi connectivity index (χ4v) is 1.89. The van der Waals surface area contributed by atoms with Crippen molar-refractivity contribution in [2.24, 2.45) is 0 Å². The van der Waals surface area contributed by atoms with Crippen molar-refractivity contribution in [3.63, 3.8) is 0 Å². The SMILES string of the molecule is O=C(O)c1cc2c3c(ccc2o1)COC3. The van der Waals surface area contributed by atoms with E-state index < -0.39 is 5.97 Å². The third-order valence-corrected chi connectivity index (χ3v) is 2.62. The molecule has 0 unspecified atom stereocenters. The van der Waals surface area contributed by atoms with Crippen LogP contribution in [-0.4, -0.2) is 11.1 Å². The molecule has 0 aliphatic carbocycles. The molecule has 0 amide bonds. The second-order valence-electron chi connectivity index (χ2n) is 3.52. The van der Waals surface area contributed by atoms with Gasteiger partial charge in [0.25, 0.3) is 0 Å². The van der Waals surface area contributed by atoms with E-state index in [1.54, 1.807) is 12.1 Å². The predicted octanol–water partition coefficient (Wildman–Crippen LogP) is 2.16. The predicted molar refractivity (Wildman–Crippen MR) is 51.7 cm³/mol. The molecule has 76 valence electrons. The summed E-state index contributed by atoms with van der Waals surface area (Å²) < 4.78 is 10.5. The number of fused-ring (bicyclic) bond motifs is 3. The van der Waals surface area contributed by atoms with Gasteiger partial charge in [-0.15, -0.1) is 0 Å². The number of rotatable bonds is 1. The van der Waals surface area contributed by atoms with Gasteiger partial charge < -0.3 is 14.3 Å². The number of furan rings is 1. The summed E-state index contributed by atoms with van der Waals surface area (Å²) in [6.45, 7) is 1.13. The van der Waals surface area contributed by atoms with Crippen LogP contribution in [-0.2, 0) is 18.0 Å². The van der Waals surface area contributed by atoms with Gasteiger partial charge in [0.2, 0.25) is 5.76 Å². The van der Waals surface area contributed by atoms with Gasteiger partial charge in [-0.3, -0.25) is 0 Å². The van der Waals surface area contributed by atoms with Gasteiger partial charge >= 0.3 is 5.97 Å². The summed E-state index contributed by atoms with van der Waals surface area (Å²) in [6.07, 6.45) is 0. The fourth-order valence-electron chi connectivity index (χ4n) is 1.89. The number of hydrogen-bond donors (Lipinski definition) is 1. The van der Waals surface area contributed by atoms with Crippen LogP contribution in [0.15, 0.2) is 22.6 Å². The van der Waals surface area contributed by atoms with E-state index in [2.05, 4.69) is 0 Å². The Morgan fingerprint density at radius 2 is 2.20 bits per heavy atom. The lowest BCUT2D eigenvalue weighted by molar-refractivity contribution is 0.0665. The minimum Gasteiger partial charge on any atom is -0.475 e. The summed E-state index contributed by atoms with van der Waals surface area (Å²) in [5, 5.41) is 9.66. The second kappa shape index (κ2) is 2.84.